The smallest absolute Gasteiger partial charge is 0.0551 e. The molecule has 1 heterocycles. The highest BCUT2D eigenvalue weighted by molar-refractivity contribution is 5.25. The Bertz CT molecular complexity index is 360. The summed E-state index contributed by atoms with van der Waals surface area (Å²) in [5.41, 5.74) is 9.00. The number of benzene rings is 1. The summed E-state index contributed by atoms with van der Waals surface area (Å²) in [7, 11) is 0. The number of aryl methyl sites for hydroxylation is 1. The van der Waals surface area contributed by atoms with Crippen molar-refractivity contribution in [2.45, 2.75) is 51.7 Å². The molecule has 0 amide bonds. The van der Waals surface area contributed by atoms with Crippen molar-refractivity contribution in [1.82, 2.24) is 0 Å². The monoisotopic (exact) mass is 247 g/mol. The standard InChI is InChI=1S/C16H25NO/c1-3-4-5-13-6-8-14(9-7-13)16(17)15-10-12(2)18-11-15/h6-9,12,15-16H,3-5,10-11,17H2,1-2H3. The maximum Gasteiger partial charge on any atom is 0.0551 e. The van der Waals surface area contributed by atoms with Crippen LogP contribution in [-0.4, -0.2) is 12.7 Å². The molecular formula is C16H25NO. The summed E-state index contributed by atoms with van der Waals surface area (Å²) in [6.45, 7) is 5.16. The second-order valence-electron chi connectivity index (χ2n) is 5.51. The Balaban J connectivity index is 1.96. The van der Waals surface area contributed by atoms with Gasteiger partial charge in [-0.05, 0) is 37.3 Å². The van der Waals surface area contributed by atoms with E-state index in [0.29, 0.717) is 12.0 Å². The van der Waals surface area contributed by atoms with Gasteiger partial charge in [-0.15, -0.1) is 0 Å². The molecule has 0 aromatic heterocycles. The predicted octanol–water partition coefficient (Wildman–Crippen LogP) is 3.45. The van der Waals surface area contributed by atoms with Gasteiger partial charge in [0, 0.05) is 12.0 Å². The number of hydrogen-bond donors (Lipinski definition) is 1. The molecule has 18 heavy (non-hydrogen) atoms. The molecule has 1 saturated heterocycles. The van der Waals surface area contributed by atoms with E-state index in [4.69, 9.17) is 10.5 Å². The van der Waals surface area contributed by atoms with Gasteiger partial charge in [-0.2, -0.15) is 0 Å². The quantitative estimate of drug-likeness (QED) is 0.865. The van der Waals surface area contributed by atoms with Gasteiger partial charge in [0.2, 0.25) is 0 Å². The van der Waals surface area contributed by atoms with Crippen molar-refractivity contribution in [2.24, 2.45) is 11.7 Å². The summed E-state index contributed by atoms with van der Waals surface area (Å²) in [6.07, 6.45) is 5.14. The third-order valence-corrected chi connectivity index (χ3v) is 3.92. The average Bonchev–Trinajstić information content (AvgIpc) is 2.83. The van der Waals surface area contributed by atoms with Crippen LogP contribution >= 0.6 is 0 Å². The van der Waals surface area contributed by atoms with Crippen LogP contribution in [-0.2, 0) is 11.2 Å². The Morgan fingerprint density at radius 1 is 1.33 bits per heavy atom. The highest BCUT2D eigenvalue weighted by Crippen LogP contribution is 2.30. The van der Waals surface area contributed by atoms with Gasteiger partial charge in [0.05, 0.1) is 12.7 Å². The zero-order valence-electron chi connectivity index (χ0n) is 11.6. The van der Waals surface area contributed by atoms with E-state index in [2.05, 4.69) is 38.1 Å². The molecule has 1 aromatic carbocycles. The Morgan fingerprint density at radius 3 is 2.61 bits per heavy atom. The average molecular weight is 247 g/mol. The van der Waals surface area contributed by atoms with E-state index in [0.717, 1.165) is 13.0 Å². The molecule has 3 unspecified atom stereocenters. The SMILES string of the molecule is CCCCc1ccc(C(N)C2COC(C)C2)cc1. The van der Waals surface area contributed by atoms with Crippen molar-refractivity contribution in [3.63, 3.8) is 0 Å². The molecule has 0 bridgehead atoms. The lowest BCUT2D eigenvalue weighted by atomic mass is 9.91. The normalized spacial score (nSPS) is 25.3. The molecule has 2 N–H and O–H groups in total. The Kier molecular flexibility index (Phi) is 4.79. The number of hydrogen-bond acceptors (Lipinski definition) is 2. The molecule has 2 nitrogen and oxygen atoms in total. The molecule has 0 saturated carbocycles. The summed E-state index contributed by atoms with van der Waals surface area (Å²) < 4.78 is 5.60. The fourth-order valence-corrected chi connectivity index (χ4v) is 2.66. The number of unbranched alkanes of at least 4 members (excludes halogenated alkanes) is 1. The molecule has 2 rings (SSSR count). The first-order chi connectivity index (χ1) is 8.70. The minimum Gasteiger partial charge on any atom is -0.378 e. The lowest BCUT2D eigenvalue weighted by Crippen LogP contribution is -2.21. The minimum absolute atomic E-state index is 0.121. The topological polar surface area (TPSA) is 35.2 Å². The van der Waals surface area contributed by atoms with Crippen molar-refractivity contribution < 1.29 is 4.74 Å². The third kappa shape index (κ3) is 3.33. The first-order valence-electron chi connectivity index (χ1n) is 7.16. The summed E-state index contributed by atoms with van der Waals surface area (Å²) in [5.74, 6) is 0.474. The van der Waals surface area contributed by atoms with Gasteiger partial charge < -0.3 is 10.5 Å². The van der Waals surface area contributed by atoms with E-state index in [-0.39, 0.29) is 6.04 Å². The molecule has 1 aliphatic rings. The molecule has 1 aromatic rings. The van der Waals surface area contributed by atoms with Gasteiger partial charge in [-0.1, -0.05) is 37.6 Å². The van der Waals surface area contributed by atoms with Crippen LogP contribution in [0.2, 0.25) is 0 Å². The number of nitrogens with two attached hydrogens (primary N) is 1. The van der Waals surface area contributed by atoms with Crippen molar-refractivity contribution in [3.05, 3.63) is 35.4 Å². The van der Waals surface area contributed by atoms with Crippen molar-refractivity contribution >= 4 is 0 Å². The van der Waals surface area contributed by atoms with Gasteiger partial charge in [0.25, 0.3) is 0 Å². The number of rotatable bonds is 5. The van der Waals surface area contributed by atoms with E-state index >= 15 is 0 Å². The molecule has 3 atom stereocenters. The van der Waals surface area contributed by atoms with Gasteiger partial charge in [-0.3, -0.25) is 0 Å². The lowest BCUT2D eigenvalue weighted by Gasteiger charge is -2.18. The second kappa shape index (κ2) is 6.35. The highest BCUT2D eigenvalue weighted by atomic mass is 16.5. The number of ether oxygens (including phenoxy) is 1. The fourth-order valence-electron chi connectivity index (χ4n) is 2.66. The molecule has 0 radical (unpaired) electrons. The molecule has 1 fully saturated rings. The predicted molar refractivity (Wildman–Crippen MR) is 75.5 cm³/mol. The van der Waals surface area contributed by atoms with Crippen LogP contribution in [0.5, 0.6) is 0 Å². The van der Waals surface area contributed by atoms with Crippen LogP contribution in [0.1, 0.15) is 50.3 Å². The van der Waals surface area contributed by atoms with Gasteiger partial charge in [0.1, 0.15) is 0 Å². The van der Waals surface area contributed by atoms with Gasteiger partial charge >= 0.3 is 0 Å². The Hall–Kier alpha value is -0.860. The minimum atomic E-state index is 0.121. The molecule has 100 valence electrons. The van der Waals surface area contributed by atoms with Crippen LogP contribution in [0, 0.1) is 5.92 Å². The maximum absolute atomic E-state index is 6.33. The van der Waals surface area contributed by atoms with Crippen LogP contribution in [0.4, 0.5) is 0 Å². The van der Waals surface area contributed by atoms with Crippen molar-refractivity contribution in [1.29, 1.82) is 0 Å². The molecule has 0 spiro atoms. The molecule has 1 aliphatic heterocycles. The Morgan fingerprint density at radius 2 is 2.06 bits per heavy atom. The van der Waals surface area contributed by atoms with E-state index in [1.165, 1.54) is 30.4 Å². The fraction of sp³-hybridized carbons (Fsp3) is 0.625. The molecule has 0 aliphatic carbocycles. The van der Waals surface area contributed by atoms with Crippen LogP contribution in [0.25, 0.3) is 0 Å². The maximum atomic E-state index is 6.33. The van der Waals surface area contributed by atoms with Gasteiger partial charge in [0.15, 0.2) is 0 Å². The summed E-state index contributed by atoms with van der Waals surface area (Å²) in [6, 6.07) is 8.96. The third-order valence-electron chi connectivity index (χ3n) is 3.92. The Labute approximate surface area is 111 Å². The van der Waals surface area contributed by atoms with E-state index in [1.54, 1.807) is 0 Å². The lowest BCUT2D eigenvalue weighted by molar-refractivity contribution is 0.118. The van der Waals surface area contributed by atoms with Crippen molar-refractivity contribution in [3.8, 4) is 0 Å². The van der Waals surface area contributed by atoms with Crippen molar-refractivity contribution in [2.75, 3.05) is 6.61 Å². The van der Waals surface area contributed by atoms with E-state index < -0.39 is 0 Å². The van der Waals surface area contributed by atoms with E-state index in [1.807, 2.05) is 0 Å². The first kappa shape index (κ1) is 13.6. The zero-order chi connectivity index (χ0) is 13.0. The van der Waals surface area contributed by atoms with Crippen LogP contribution in [0.3, 0.4) is 0 Å². The van der Waals surface area contributed by atoms with E-state index in [9.17, 15) is 0 Å². The zero-order valence-corrected chi connectivity index (χ0v) is 11.6. The molecular weight excluding hydrogens is 222 g/mol. The van der Waals surface area contributed by atoms with Gasteiger partial charge in [-0.25, -0.2) is 0 Å². The summed E-state index contributed by atoms with van der Waals surface area (Å²) >= 11 is 0. The summed E-state index contributed by atoms with van der Waals surface area (Å²) in [5, 5.41) is 0. The second-order valence-corrected chi connectivity index (χ2v) is 5.51. The molecule has 2 heteroatoms. The van der Waals surface area contributed by atoms with Crippen LogP contribution < -0.4 is 5.73 Å². The largest absolute Gasteiger partial charge is 0.378 e. The van der Waals surface area contributed by atoms with Crippen LogP contribution in [0.15, 0.2) is 24.3 Å². The highest BCUT2D eigenvalue weighted by Gasteiger charge is 2.28. The first-order valence-corrected chi connectivity index (χ1v) is 7.16. The summed E-state index contributed by atoms with van der Waals surface area (Å²) in [4.78, 5) is 0.